The van der Waals surface area contributed by atoms with Gasteiger partial charge >= 0.3 is 6.09 Å². The van der Waals surface area contributed by atoms with Crippen LogP contribution in [0.2, 0.25) is 0 Å². The minimum absolute atomic E-state index is 0.187. The summed E-state index contributed by atoms with van der Waals surface area (Å²) in [6.45, 7) is 0.694. The van der Waals surface area contributed by atoms with E-state index in [1.165, 1.54) is 16.2 Å². The van der Waals surface area contributed by atoms with Gasteiger partial charge in [-0.25, -0.2) is 9.78 Å². The Balaban J connectivity index is 1.36. The summed E-state index contributed by atoms with van der Waals surface area (Å²) in [5.74, 6) is -0.236. The van der Waals surface area contributed by atoms with Crippen molar-refractivity contribution in [2.24, 2.45) is 0 Å². The second kappa shape index (κ2) is 9.61. The van der Waals surface area contributed by atoms with Gasteiger partial charge in [-0.2, -0.15) is 0 Å². The Morgan fingerprint density at radius 1 is 1.16 bits per heavy atom. The Bertz CT molecular complexity index is 1040. The van der Waals surface area contributed by atoms with E-state index in [0.29, 0.717) is 18.1 Å². The Hall–Kier alpha value is -3.39. The van der Waals surface area contributed by atoms with Crippen molar-refractivity contribution in [2.45, 2.75) is 25.5 Å². The van der Waals surface area contributed by atoms with Crippen LogP contribution in [-0.4, -0.2) is 41.5 Å². The second-order valence-corrected chi connectivity index (χ2v) is 8.10. The number of rotatable bonds is 6. The lowest BCUT2D eigenvalue weighted by Gasteiger charge is -2.22. The van der Waals surface area contributed by atoms with E-state index >= 15 is 0 Å². The lowest BCUT2D eigenvalue weighted by molar-refractivity contribution is -0.120. The minimum atomic E-state index is -0.550. The van der Waals surface area contributed by atoms with Gasteiger partial charge in [-0.05, 0) is 30.5 Å². The van der Waals surface area contributed by atoms with Crippen molar-refractivity contribution >= 4 is 34.2 Å². The van der Waals surface area contributed by atoms with E-state index in [0.717, 1.165) is 28.9 Å². The number of nitrogens with zero attached hydrogens (tertiary/aromatic N) is 2. The van der Waals surface area contributed by atoms with E-state index in [-0.39, 0.29) is 12.5 Å². The number of carbonyl (C=O) groups excluding carboxylic acids is 2. The summed E-state index contributed by atoms with van der Waals surface area (Å²) in [5.41, 5.74) is 3.71. The molecular formula is C23H24N4O3S. The topological polar surface area (TPSA) is 83.6 Å². The molecule has 2 amide bonds. The summed E-state index contributed by atoms with van der Waals surface area (Å²) < 4.78 is 5.41. The summed E-state index contributed by atoms with van der Waals surface area (Å²) in [5, 5.41) is 8.37. The number of carbonyl (C=O) groups is 2. The molecule has 1 atom stereocenters. The second-order valence-electron chi connectivity index (χ2n) is 7.25. The SMILES string of the molecule is CNc1ccc(-c2csc(NC(=O)C3CCCN3C(=O)OCc3ccccc3)n2)cc1. The van der Waals surface area contributed by atoms with Gasteiger partial charge in [-0.1, -0.05) is 42.5 Å². The number of hydrogen-bond donors (Lipinski definition) is 2. The first-order valence-corrected chi connectivity index (χ1v) is 11.0. The molecule has 1 unspecified atom stereocenters. The van der Waals surface area contributed by atoms with E-state index in [4.69, 9.17) is 4.74 Å². The molecule has 0 saturated carbocycles. The van der Waals surface area contributed by atoms with Gasteiger partial charge in [0.2, 0.25) is 5.91 Å². The average molecular weight is 437 g/mol. The molecule has 160 valence electrons. The molecule has 31 heavy (non-hydrogen) atoms. The molecule has 1 aliphatic heterocycles. The minimum Gasteiger partial charge on any atom is -0.445 e. The van der Waals surface area contributed by atoms with Crippen molar-refractivity contribution in [3.63, 3.8) is 0 Å². The van der Waals surface area contributed by atoms with Crippen LogP contribution in [0.1, 0.15) is 18.4 Å². The molecule has 3 aromatic rings. The van der Waals surface area contributed by atoms with Crippen LogP contribution < -0.4 is 10.6 Å². The van der Waals surface area contributed by atoms with Crippen LogP contribution in [0.25, 0.3) is 11.3 Å². The van der Waals surface area contributed by atoms with Gasteiger partial charge in [-0.15, -0.1) is 11.3 Å². The Labute approximate surface area is 185 Å². The molecule has 0 aliphatic carbocycles. The molecule has 1 aliphatic rings. The number of ether oxygens (including phenoxy) is 1. The van der Waals surface area contributed by atoms with Crippen LogP contribution in [0.15, 0.2) is 60.0 Å². The number of aromatic nitrogens is 1. The van der Waals surface area contributed by atoms with Crippen LogP contribution in [0.3, 0.4) is 0 Å². The van der Waals surface area contributed by atoms with Crippen molar-refractivity contribution in [1.29, 1.82) is 0 Å². The van der Waals surface area contributed by atoms with E-state index in [9.17, 15) is 9.59 Å². The Morgan fingerprint density at radius 3 is 2.68 bits per heavy atom. The van der Waals surface area contributed by atoms with E-state index in [1.807, 2.05) is 67.0 Å². The van der Waals surface area contributed by atoms with Gasteiger partial charge in [0, 0.05) is 30.2 Å². The van der Waals surface area contributed by atoms with Gasteiger partial charge in [0.05, 0.1) is 5.69 Å². The first-order valence-electron chi connectivity index (χ1n) is 10.2. The predicted octanol–water partition coefficient (Wildman–Crippen LogP) is 4.59. The van der Waals surface area contributed by atoms with Gasteiger partial charge in [0.25, 0.3) is 0 Å². The predicted molar refractivity (Wildman–Crippen MR) is 122 cm³/mol. The zero-order valence-electron chi connectivity index (χ0n) is 17.2. The zero-order valence-corrected chi connectivity index (χ0v) is 18.0. The highest BCUT2D eigenvalue weighted by atomic mass is 32.1. The average Bonchev–Trinajstić information content (AvgIpc) is 3.48. The first-order chi connectivity index (χ1) is 15.1. The lowest BCUT2D eigenvalue weighted by atomic mass is 10.1. The zero-order chi connectivity index (χ0) is 21.6. The largest absolute Gasteiger partial charge is 0.445 e. The third-order valence-corrected chi connectivity index (χ3v) is 5.96. The fourth-order valence-electron chi connectivity index (χ4n) is 3.52. The molecule has 2 aromatic carbocycles. The first kappa shape index (κ1) is 20.9. The lowest BCUT2D eigenvalue weighted by Crippen LogP contribution is -2.43. The smallest absolute Gasteiger partial charge is 0.410 e. The summed E-state index contributed by atoms with van der Waals surface area (Å²) in [6.07, 6.45) is 0.904. The quantitative estimate of drug-likeness (QED) is 0.590. The van der Waals surface area contributed by atoms with Gasteiger partial charge in [0.1, 0.15) is 12.6 Å². The molecule has 1 aromatic heterocycles. The molecular weight excluding hydrogens is 412 g/mol. The highest BCUT2D eigenvalue weighted by Crippen LogP contribution is 2.27. The fourth-order valence-corrected chi connectivity index (χ4v) is 4.24. The summed E-state index contributed by atoms with van der Waals surface area (Å²) in [7, 11) is 1.87. The van der Waals surface area contributed by atoms with Crippen molar-refractivity contribution in [1.82, 2.24) is 9.88 Å². The number of likely N-dealkylation sites (tertiary alicyclic amines) is 1. The molecule has 1 saturated heterocycles. The van der Waals surface area contributed by atoms with Gasteiger partial charge in [0.15, 0.2) is 5.13 Å². The number of benzene rings is 2. The van der Waals surface area contributed by atoms with Crippen LogP contribution in [0, 0.1) is 0 Å². The number of nitrogens with one attached hydrogen (secondary N) is 2. The molecule has 0 radical (unpaired) electrons. The summed E-state index contributed by atoms with van der Waals surface area (Å²) >= 11 is 1.37. The van der Waals surface area contributed by atoms with E-state index in [2.05, 4.69) is 15.6 Å². The standard InChI is InChI=1S/C23H24N4O3S/c1-24-18-11-9-17(10-12-18)19-15-31-22(25-19)26-21(28)20-8-5-13-27(20)23(29)30-14-16-6-3-2-4-7-16/h2-4,6-7,9-12,15,20,24H,5,8,13-14H2,1H3,(H,25,26,28). The van der Waals surface area contributed by atoms with Crippen molar-refractivity contribution in [3.05, 3.63) is 65.5 Å². The monoisotopic (exact) mass is 436 g/mol. The maximum atomic E-state index is 12.8. The molecule has 4 rings (SSSR count). The maximum absolute atomic E-state index is 12.8. The Kier molecular flexibility index (Phi) is 6.47. The number of amides is 2. The fraction of sp³-hybridized carbons (Fsp3) is 0.261. The number of hydrogen-bond acceptors (Lipinski definition) is 6. The highest BCUT2D eigenvalue weighted by molar-refractivity contribution is 7.14. The maximum Gasteiger partial charge on any atom is 0.410 e. The Morgan fingerprint density at radius 2 is 1.94 bits per heavy atom. The third-order valence-electron chi connectivity index (χ3n) is 5.20. The summed E-state index contributed by atoms with van der Waals surface area (Å²) in [6, 6.07) is 16.9. The molecule has 8 heteroatoms. The number of anilines is 2. The highest BCUT2D eigenvalue weighted by Gasteiger charge is 2.35. The van der Waals surface area contributed by atoms with Crippen LogP contribution in [0.4, 0.5) is 15.6 Å². The molecule has 1 fully saturated rings. The number of thiazole rings is 1. The van der Waals surface area contributed by atoms with Crippen LogP contribution >= 0.6 is 11.3 Å². The molecule has 7 nitrogen and oxygen atoms in total. The van der Waals surface area contributed by atoms with Crippen LogP contribution in [-0.2, 0) is 16.1 Å². The molecule has 0 spiro atoms. The molecule has 0 bridgehead atoms. The van der Waals surface area contributed by atoms with Crippen molar-refractivity contribution < 1.29 is 14.3 Å². The van der Waals surface area contributed by atoms with Crippen molar-refractivity contribution in [2.75, 3.05) is 24.2 Å². The normalized spacial score (nSPS) is 15.5. The molecule has 2 heterocycles. The summed E-state index contributed by atoms with van der Waals surface area (Å²) in [4.78, 5) is 31.4. The van der Waals surface area contributed by atoms with E-state index < -0.39 is 12.1 Å². The molecule has 2 N–H and O–H groups in total. The van der Waals surface area contributed by atoms with Gasteiger partial charge in [-0.3, -0.25) is 9.69 Å². The van der Waals surface area contributed by atoms with Gasteiger partial charge < -0.3 is 15.4 Å². The van der Waals surface area contributed by atoms with Crippen LogP contribution in [0.5, 0.6) is 0 Å². The third kappa shape index (κ3) is 5.03. The van der Waals surface area contributed by atoms with E-state index in [1.54, 1.807) is 0 Å². The van der Waals surface area contributed by atoms with Crippen molar-refractivity contribution in [3.8, 4) is 11.3 Å².